The topological polar surface area (TPSA) is 84.2 Å². The molecule has 6 heteroatoms. The number of nitrogen functional groups attached to an aromatic ring is 1. The van der Waals surface area contributed by atoms with Crippen molar-refractivity contribution in [2.24, 2.45) is 5.84 Å². The predicted molar refractivity (Wildman–Crippen MR) is 84.3 cm³/mol. The molecule has 4 N–H and O–H groups in total. The molecule has 0 unspecified atom stereocenters. The van der Waals surface area contributed by atoms with Crippen LogP contribution in [0.15, 0.2) is 53.4 Å². The average Bonchev–Trinajstić information content (AvgIpc) is 2.49. The fourth-order valence-corrected chi connectivity index (χ4v) is 3.06. The van der Waals surface area contributed by atoms with Crippen molar-refractivity contribution >= 4 is 15.7 Å². The summed E-state index contributed by atoms with van der Waals surface area (Å²) in [4.78, 5) is 0.228. The summed E-state index contributed by atoms with van der Waals surface area (Å²) in [5.74, 6) is 5.25. The third kappa shape index (κ3) is 4.04. The highest BCUT2D eigenvalue weighted by molar-refractivity contribution is 7.89. The second-order valence-electron chi connectivity index (χ2n) is 4.74. The van der Waals surface area contributed by atoms with Crippen molar-refractivity contribution in [3.8, 4) is 0 Å². The smallest absolute Gasteiger partial charge is 0.240 e. The number of hydrazine groups is 1. The molecule has 21 heavy (non-hydrogen) atoms. The van der Waals surface area contributed by atoms with Crippen molar-refractivity contribution in [2.45, 2.75) is 18.2 Å². The van der Waals surface area contributed by atoms with Gasteiger partial charge in [0.1, 0.15) is 0 Å². The number of sulfonamides is 1. The van der Waals surface area contributed by atoms with Gasteiger partial charge >= 0.3 is 0 Å². The lowest BCUT2D eigenvalue weighted by atomic mass is 10.1. The van der Waals surface area contributed by atoms with Gasteiger partial charge in [-0.25, -0.2) is 13.1 Å². The molecular weight excluding hydrogens is 286 g/mol. The minimum atomic E-state index is -3.49. The van der Waals surface area contributed by atoms with E-state index in [1.165, 1.54) is 12.1 Å². The second kappa shape index (κ2) is 6.71. The van der Waals surface area contributed by atoms with E-state index >= 15 is 0 Å². The van der Waals surface area contributed by atoms with Gasteiger partial charge in [0.05, 0.1) is 4.90 Å². The fourth-order valence-electron chi connectivity index (χ4n) is 2.02. The van der Waals surface area contributed by atoms with Gasteiger partial charge in [0.25, 0.3) is 0 Å². The third-order valence-electron chi connectivity index (χ3n) is 3.28. The summed E-state index contributed by atoms with van der Waals surface area (Å²) in [5, 5.41) is 0. The first-order valence-electron chi connectivity index (χ1n) is 6.64. The number of hydrogen-bond donors (Lipinski definition) is 3. The minimum Gasteiger partial charge on any atom is -0.324 e. The number of hydrogen-bond acceptors (Lipinski definition) is 4. The van der Waals surface area contributed by atoms with Gasteiger partial charge < -0.3 is 5.43 Å². The Bertz CT molecular complexity index is 697. The van der Waals surface area contributed by atoms with E-state index in [-0.39, 0.29) is 4.90 Å². The van der Waals surface area contributed by atoms with E-state index in [0.717, 1.165) is 11.1 Å². The lowest BCUT2D eigenvalue weighted by Gasteiger charge is -2.09. The van der Waals surface area contributed by atoms with E-state index in [0.29, 0.717) is 18.7 Å². The van der Waals surface area contributed by atoms with E-state index in [1.807, 2.05) is 31.2 Å². The monoisotopic (exact) mass is 305 g/mol. The largest absolute Gasteiger partial charge is 0.324 e. The standard InChI is InChI=1S/C15H19N3O2S/c1-12-4-2-3-5-13(12)10-11-17-21(19,20)15-8-6-14(18-16)7-9-15/h2-9,17-18H,10-11,16H2,1H3. The molecule has 0 spiro atoms. The Morgan fingerprint density at radius 1 is 1.05 bits per heavy atom. The molecule has 0 aliphatic carbocycles. The normalized spacial score (nSPS) is 11.3. The zero-order valence-corrected chi connectivity index (χ0v) is 12.7. The number of rotatable bonds is 6. The summed E-state index contributed by atoms with van der Waals surface area (Å²) in [5.41, 5.74) is 5.43. The molecule has 0 aromatic heterocycles. The number of benzene rings is 2. The zero-order valence-electron chi connectivity index (χ0n) is 11.8. The van der Waals surface area contributed by atoms with Gasteiger partial charge in [0, 0.05) is 12.2 Å². The molecular formula is C15H19N3O2S. The molecule has 0 saturated heterocycles. The molecule has 0 aliphatic rings. The first-order valence-corrected chi connectivity index (χ1v) is 8.12. The van der Waals surface area contributed by atoms with Gasteiger partial charge in [-0.3, -0.25) is 5.84 Å². The van der Waals surface area contributed by atoms with E-state index in [2.05, 4.69) is 10.1 Å². The summed E-state index contributed by atoms with van der Waals surface area (Å²) < 4.78 is 26.9. The van der Waals surface area contributed by atoms with Crippen LogP contribution in [0.2, 0.25) is 0 Å². The Morgan fingerprint density at radius 3 is 2.33 bits per heavy atom. The van der Waals surface area contributed by atoms with Crippen molar-refractivity contribution in [3.05, 3.63) is 59.7 Å². The molecule has 0 radical (unpaired) electrons. The van der Waals surface area contributed by atoms with Gasteiger partial charge in [0.2, 0.25) is 10.0 Å². The summed E-state index contributed by atoms with van der Waals surface area (Å²) in [7, 11) is -3.49. The molecule has 0 atom stereocenters. The SMILES string of the molecule is Cc1ccccc1CCNS(=O)(=O)c1ccc(NN)cc1. The van der Waals surface area contributed by atoms with Crippen molar-refractivity contribution in [1.29, 1.82) is 0 Å². The van der Waals surface area contributed by atoms with Crippen LogP contribution in [0.25, 0.3) is 0 Å². The van der Waals surface area contributed by atoms with Crippen LogP contribution in [-0.2, 0) is 16.4 Å². The van der Waals surface area contributed by atoms with Gasteiger partial charge in [-0.15, -0.1) is 0 Å². The highest BCUT2D eigenvalue weighted by Gasteiger charge is 2.13. The molecule has 0 fully saturated rings. The highest BCUT2D eigenvalue weighted by Crippen LogP contribution is 2.13. The van der Waals surface area contributed by atoms with Gasteiger partial charge in [-0.1, -0.05) is 24.3 Å². The first kappa shape index (κ1) is 15.5. The predicted octanol–water partition coefficient (Wildman–Crippen LogP) is 1.80. The first-order chi connectivity index (χ1) is 10.0. The van der Waals surface area contributed by atoms with Crippen molar-refractivity contribution in [1.82, 2.24) is 4.72 Å². The van der Waals surface area contributed by atoms with Crippen LogP contribution >= 0.6 is 0 Å². The van der Waals surface area contributed by atoms with Crippen LogP contribution < -0.4 is 16.0 Å². The number of anilines is 1. The molecule has 2 rings (SSSR count). The molecule has 2 aromatic rings. The van der Waals surface area contributed by atoms with E-state index in [9.17, 15) is 8.42 Å². The van der Waals surface area contributed by atoms with Gasteiger partial charge in [0.15, 0.2) is 0 Å². The number of nitrogens with one attached hydrogen (secondary N) is 2. The summed E-state index contributed by atoms with van der Waals surface area (Å²) in [6.07, 6.45) is 0.661. The quantitative estimate of drug-likeness (QED) is 0.561. The van der Waals surface area contributed by atoms with Gasteiger partial charge in [-0.05, 0) is 48.7 Å². The van der Waals surface area contributed by atoms with Crippen LogP contribution in [-0.4, -0.2) is 15.0 Å². The highest BCUT2D eigenvalue weighted by atomic mass is 32.2. The average molecular weight is 305 g/mol. The lowest BCUT2D eigenvalue weighted by Crippen LogP contribution is -2.26. The van der Waals surface area contributed by atoms with Crippen molar-refractivity contribution in [2.75, 3.05) is 12.0 Å². The number of nitrogens with two attached hydrogens (primary N) is 1. The van der Waals surface area contributed by atoms with Crippen LogP contribution in [0.3, 0.4) is 0 Å². The van der Waals surface area contributed by atoms with E-state index < -0.39 is 10.0 Å². The van der Waals surface area contributed by atoms with Crippen molar-refractivity contribution < 1.29 is 8.42 Å². The van der Waals surface area contributed by atoms with Gasteiger partial charge in [-0.2, -0.15) is 0 Å². The maximum Gasteiger partial charge on any atom is 0.240 e. The van der Waals surface area contributed by atoms with Crippen LogP contribution in [0, 0.1) is 6.92 Å². The Morgan fingerprint density at radius 2 is 1.71 bits per heavy atom. The van der Waals surface area contributed by atoms with E-state index in [1.54, 1.807) is 12.1 Å². The fraction of sp³-hybridized carbons (Fsp3) is 0.200. The summed E-state index contributed by atoms with van der Waals surface area (Å²) >= 11 is 0. The lowest BCUT2D eigenvalue weighted by molar-refractivity contribution is 0.581. The van der Waals surface area contributed by atoms with Crippen molar-refractivity contribution in [3.63, 3.8) is 0 Å². The van der Waals surface area contributed by atoms with Crippen LogP contribution in [0.5, 0.6) is 0 Å². The summed E-state index contributed by atoms with van der Waals surface area (Å²) in [6, 6.07) is 14.2. The molecule has 0 heterocycles. The third-order valence-corrected chi connectivity index (χ3v) is 4.76. The maximum absolute atomic E-state index is 12.1. The Hall–Kier alpha value is -1.89. The molecule has 0 amide bonds. The molecule has 112 valence electrons. The summed E-state index contributed by atoms with van der Waals surface area (Å²) in [6.45, 7) is 2.38. The second-order valence-corrected chi connectivity index (χ2v) is 6.51. The minimum absolute atomic E-state index is 0.228. The van der Waals surface area contributed by atoms with Crippen LogP contribution in [0.1, 0.15) is 11.1 Å². The zero-order chi connectivity index (χ0) is 15.3. The number of aryl methyl sites for hydroxylation is 1. The maximum atomic E-state index is 12.1. The molecule has 0 saturated carbocycles. The Balaban J connectivity index is 1.99. The van der Waals surface area contributed by atoms with Crippen LogP contribution in [0.4, 0.5) is 5.69 Å². The molecule has 5 nitrogen and oxygen atoms in total. The van der Waals surface area contributed by atoms with E-state index in [4.69, 9.17) is 5.84 Å². The Kier molecular flexibility index (Phi) is 4.95. The molecule has 2 aromatic carbocycles. The molecule has 0 bridgehead atoms. The molecule has 0 aliphatic heterocycles. The Labute approximate surface area is 125 Å².